The molecule has 0 spiro atoms. The van der Waals surface area contributed by atoms with Crippen molar-refractivity contribution in [3.63, 3.8) is 0 Å². The summed E-state index contributed by atoms with van der Waals surface area (Å²) in [6, 6.07) is 10.5. The summed E-state index contributed by atoms with van der Waals surface area (Å²) in [5.74, 6) is 0.0546. The number of rotatable bonds is 6. The molecule has 0 atom stereocenters. The van der Waals surface area contributed by atoms with Crippen LogP contribution in [0.1, 0.15) is 25.3 Å². The van der Waals surface area contributed by atoms with Gasteiger partial charge in [-0.3, -0.25) is 9.69 Å². The molecule has 0 bridgehead atoms. The van der Waals surface area contributed by atoms with E-state index in [0.717, 1.165) is 25.9 Å². The van der Waals surface area contributed by atoms with Gasteiger partial charge in [0.25, 0.3) is 0 Å². The molecule has 3 rings (SSSR count). The average molecular weight is 344 g/mol. The predicted octanol–water partition coefficient (Wildman–Crippen LogP) is 1.18. The fourth-order valence-electron chi connectivity index (χ4n) is 3.43. The number of amides is 3. The molecule has 0 unspecified atom stereocenters. The molecule has 2 aliphatic rings. The van der Waals surface area contributed by atoms with Gasteiger partial charge in [0, 0.05) is 44.7 Å². The zero-order valence-electron chi connectivity index (χ0n) is 15.0. The normalized spacial score (nSPS) is 19.3. The number of hydrogen-bond donors (Lipinski definition) is 2. The van der Waals surface area contributed by atoms with Gasteiger partial charge in [0.2, 0.25) is 5.91 Å². The highest BCUT2D eigenvalue weighted by Crippen LogP contribution is 2.47. The predicted molar refractivity (Wildman–Crippen MR) is 97.4 cm³/mol. The number of benzene rings is 1. The molecule has 6 nitrogen and oxygen atoms in total. The Morgan fingerprint density at radius 2 is 1.72 bits per heavy atom. The van der Waals surface area contributed by atoms with Crippen molar-refractivity contribution in [3.05, 3.63) is 35.9 Å². The molecule has 2 N–H and O–H groups in total. The van der Waals surface area contributed by atoms with Gasteiger partial charge in [0.15, 0.2) is 0 Å². The Bertz CT molecular complexity index is 593. The summed E-state index contributed by atoms with van der Waals surface area (Å²) in [6.07, 6.45) is 2.27. The van der Waals surface area contributed by atoms with Crippen LogP contribution in [0.5, 0.6) is 0 Å². The first kappa shape index (κ1) is 17.7. The minimum absolute atomic E-state index is 0.0138. The quantitative estimate of drug-likeness (QED) is 0.815. The Morgan fingerprint density at radius 1 is 1.04 bits per heavy atom. The Morgan fingerprint density at radius 3 is 2.32 bits per heavy atom. The highest BCUT2D eigenvalue weighted by Gasteiger charge is 2.44. The van der Waals surface area contributed by atoms with E-state index >= 15 is 0 Å². The molecule has 1 saturated carbocycles. The molecule has 1 saturated heterocycles. The summed E-state index contributed by atoms with van der Waals surface area (Å²) < 4.78 is 0. The molecular weight excluding hydrogens is 316 g/mol. The van der Waals surface area contributed by atoms with E-state index in [-0.39, 0.29) is 17.4 Å². The van der Waals surface area contributed by atoms with E-state index in [4.69, 9.17) is 0 Å². The van der Waals surface area contributed by atoms with E-state index in [1.54, 1.807) is 0 Å². The molecule has 1 aliphatic heterocycles. The van der Waals surface area contributed by atoms with Gasteiger partial charge >= 0.3 is 6.03 Å². The molecule has 25 heavy (non-hydrogen) atoms. The molecule has 0 radical (unpaired) electrons. The Labute approximate surface area is 149 Å². The maximum atomic E-state index is 12.5. The molecule has 1 heterocycles. The lowest BCUT2D eigenvalue weighted by Crippen LogP contribution is -2.54. The number of carbonyl (C=O) groups excluding carboxylic acids is 2. The second kappa shape index (κ2) is 7.87. The van der Waals surface area contributed by atoms with Gasteiger partial charge in [0.1, 0.15) is 0 Å². The van der Waals surface area contributed by atoms with E-state index in [2.05, 4.69) is 39.8 Å². The topological polar surface area (TPSA) is 64.7 Å². The third kappa shape index (κ3) is 4.51. The van der Waals surface area contributed by atoms with Crippen LogP contribution in [0.25, 0.3) is 0 Å². The lowest BCUT2D eigenvalue weighted by atomic mass is 9.96. The summed E-state index contributed by atoms with van der Waals surface area (Å²) in [5, 5.41) is 5.93. The molecule has 6 heteroatoms. The molecule has 1 aromatic carbocycles. The number of carbonyl (C=O) groups is 2. The van der Waals surface area contributed by atoms with Gasteiger partial charge in [-0.05, 0) is 25.3 Å². The second-order valence-corrected chi connectivity index (χ2v) is 7.02. The third-order valence-corrected chi connectivity index (χ3v) is 5.22. The van der Waals surface area contributed by atoms with Crippen LogP contribution < -0.4 is 10.6 Å². The van der Waals surface area contributed by atoms with Crippen molar-refractivity contribution in [2.24, 2.45) is 0 Å². The standard InChI is InChI=1S/C19H28N4O2/c1-2-20-17(24)14-22-10-12-23(13-11-22)18(25)21-15-19(8-9-19)16-6-4-3-5-7-16/h3-7H,2,8-15H2,1H3,(H,20,24)(H,21,25). The summed E-state index contributed by atoms with van der Waals surface area (Å²) in [7, 11) is 0. The lowest BCUT2D eigenvalue weighted by molar-refractivity contribution is -0.122. The zero-order valence-corrected chi connectivity index (χ0v) is 15.0. The molecular formula is C19H28N4O2. The molecule has 136 valence electrons. The molecule has 2 fully saturated rings. The van der Waals surface area contributed by atoms with Crippen LogP contribution in [0.3, 0.4) is 0 Å². The van der Waals surface area contributed by atoms with E-state index in [1.165, 1.54) is 5.56 Å². The first-order chi connectivity index (χ1) is 12.1. The summed E-state index contributed by atoms with van der Waals surface area (Å²) in [6.45, 7) is 6.53. The van der Waals surface area contributed by atoms with Crippen molar-refractivity contribution in [2.75, 3.05) is 45.8 Å². The van der Waals surface area contributed by atoms with Crippen molar-refractivity contribution in [1.82, 2.24) is 20.4 Å². The van der Waals surface area contributed by atoms with E-state index in [0.29, 0.717) is 32.7 Å². The first-order valence-electron chi connectivity index (χ1n) is 9.20. The summed E-state index contributed by atoms with van der Waals surface area (Å²) >= 11 is 0. The van der Waals surface area contributed by atoms with Crippen LogP contribution in [0.2, 0.25) is 0 Å². The number of hydrogen-bond acceptors (Lipinski definition) is 3. The van der Waals surface area contributed by atoms with Gasteiger partial charge in [-0.1, -0.05) is 30.3 Å². The lowest BCUT2D eigenvalue weighted by Gasteiger charge is -2.34. The number of piperazine rings is 1. The van der Waals surface area contributed by atoms with Gasteiger partial charge in [0.05, 0.1) is 6.54 Å². The second-order valence-electron chi connectivity index (χ2n) is 7.02. The number of nitrogens with one attached hydrogen (secondary N) is 2. The van der Waals surface area contributed by atoms with Crippen LogP contribution in [-0.2, 0) is 10.2 Å². The number of likely N-dealkylation sites (N-methyl/N-ethyl adjacent to an activating group) is 1. The molecule has 0 aromatic heterocycles. The maximum Gasteiger partial charge on any atom is 0.317 e. The van der Waals surface area contributed by atoms with Crippen molar-refractivity contribution >= 4 is 11.9 Å². The summed E-state index contributed by atoms with van der Waals surface area (Å²) in [4.78, 5) is 28.0. The minimum atomic E-state index is 0.0138. The average Bonchev–Trinajstić information content (AvgIpc) is 3.42. The molecule has 3 amide bonds. The molecule has 1 aromatic rings. The Balaban J connectivity index is 1.42. The SMILES string of the molecule is CCNC(=O)CN1CCN(C(=O)NCC2(c3ccccc3)CC2)CC1. The van der Waals surface area contributed by atoms with Crippen molar-refractivity contribution in [3.8, 4) is 0 Å². The maximum absolute atomic E-state index is 12.5. The van der Waals surface area contributed by atoms with E-state index in [9.17, 15) is 9.59 Å². The van der Waals surface area contributed by atoms with Gasteiger partial charge in [-0.15, -0.1) is 0 Å². The molecule has 1 aliphatic carbocycles. The fraction of sp³-hybridized carbons (Fsp3) is 0.579. The highest BCUT2D eigenvalue weighted by atomic mass is 16.2. The highest BCUT2D eigenvalue weighted by molar-refractivity contribution is 5.78. The van der Waals surface area contributed by atoms with Gasteiger partial charge < -0.3 is 15.5 Å². The van der Waals surface area contributed by atoms with Crippen LogP contribution in [0.4, 0.5) is 4.79 Å². The monoisotopic (exact) mass is 344 g/mol. The third-order valence-electron chi connectivity index (χ3n) is 5.22. The smallest absolute Gasteiger partial charge is 0.317 e. The fourth-order valence-corrected chi connectivity index (χ4v) is 3.43. The number of urea groups is 1. The van der Waals surface area contributed by atoms with Crippen LogP contribution in [0, 0.1) is 0 Å². The van der Waals surface area contributed by atoms with Crippen LogP contribution >= 0.6 is 0 Å². The van der Waals surface area contributed by atoms with Gasteiger partial charge in [-0.2, -0.15) is 0 Å². The zero-order chi connectivity index (χ0) is 17.7. The van der Waals surface area contributed by atoms with Gasteiger partial charge in [-0.25, -0.2) is 4.79 Å². The van der Waals surface area contributed by atoms with Crippen molar-refractivity contribution < 1.29 is 9.59 Å². The van der Waals surface area contributed by atoms with Crippen LogP contribution in [0.15, 0.2) is 30.3 Å². The van der Waals surface area contributed by atoms with Crippen molar-refractivity contribution in [2.45, 2.75) is 25.2 Å². The Hall–Kier alpha value is -2.08. The van der Waals surface area contributed by atoms with Crippen LogP contribution in [-0.4, -0.2) is 67.6 Å². The Kier molecular flexibility index (Phi) is 5.58. The minimum Gasteiger partial charge on any atom is -0.355 e. The van der Waals surface area contributed by atoms with E-state index < -0.39 is 0 Å². The summed E-state index contributed by atoms with van der Waals surface area (Å²) in [5.41, 5.74) is 1.46. The van der Waals surface area contributed by atoms with E-state index in [1.807, 2.05) is 17.9 Å². The first-order valence-corrected chi connectivity index (χ1v) is 9.20. The largest absolute Gasteiger partial charge is 0.355 e. The number of nitrogens with zero attached hydrogens (tertiary/aromatic N) is 2. The van der Waals surface area contributed by atoms with Crippen molar-refractivity contribution in [1.29, 1.82) is 0 Å².